The highest BCUT2D eigenvalue weighted by molar-refractivity contribution is 8.03. The first-order valence-electron chi connectivity index (χ1n) is 7.12. The number of nitrogens with one attached hydrogen (secondary N) is 1. The van der Waals surface area contributed by atoms with Crippen LogP contribution in [0.3, 0.4) is 0 Å². The van der Waals surface area contributed by atoms with E-state index < -0.39 is 25.0 Å². The lowest BCUT2D eigenvalue weighted by Gasteiger charge is -2.26. The third-order valence-corrected chi connectivity index (χ3v) is 8.98. The molecule has 0 bridgehead atoms. The average Bonchev–Trinajstić information content (AvgIpc) is 2.46. The van der Waals surface area contributed by atoms with Crippen LogP contribution in [0.15, 0.2) is 3.77 Å². The summed E-state index contributed by atoms with van der Waals surface area (Å²) in [6, 6.07) is 0. The summed E-state index contributed by atoms with van der Waals surface area (Å²) in [6.07, 6.45) is 1.71. The molecule has 1 saturated carbocycles. The van der Waals surface area contributed by atoms with Crippen LogP contribution >= 0.6 is 0 Å². The van der Waals surface area contributed by atoms with Crippen LogP contribution in [0, 0.1) is 5.92 Å². The average molecular weight is 338 g/mol. The van der Waals surface area contributed by atoms with E-state index in [4.69, 9.17) is 0 Å². The Morgan fingerprint density at radius 3 is 2.29 bits per heavy atom. The van der Waals surface area contributed by atoms with Crippen LogP contribution < -0.4 is 5.32 Å². The van der Waals surface area contributed by atoms with E-state index in [2.05, 4.69) is 13.8 Å². The summed E-state index contributed by atoms with van der Waals surface area (Å²) in [5.41, 5.74) is 0. The standard InChI is InChI=1S/C12H22N2O5S2/c1-19-12(15)10-2-4-11(5-3-10)21(17,18)14-20(16)8-6-13-7-9-20/h10-11,13H,2-9H2,1H3. The van der Waals surface area contributed by atoms with E-state index in [-0.39, 0.29) is 23.4 Å². The van der Waals surface area contributed by atoms with Gasteiger partial charge in [-0.2, -0.15) is 0 Å². The minimum atomic E-state index is -3.73. The van der Waals surface area contributed by atoms with Crippen LogP contribution in [0.1, 0.15) is 25.7 Å². The first-order valence-corrected chi connectivity index (χ1v) is 10.5. The number of rotatable bonds is 3. The monoisotopic (exact) mass is 338 g/mol. The van der Waals surface area contributed by atoms with Gasteiger partial charge in [-0.25, -0.2) is 12.6 Å². The third-order valence-electron chi connectivity index (χ3n) is 4.07. The molecule has 0 atom stereocenters. The third kappa shape index (κ3) is 4.17. The fourth-order valence-electron chi connectivity index (χ4n) is 2.78. The van der Waals surface area contributed by atoms with Crippen molar-refractivity contribution in [3.8, 4) is 0 Å². The second-order valence-electron chi connectivity index (χ2n) is 5.52. The summed E-state index contributed by atoms with van der Waals surface area (Å²) in [7, 11) is -5.04. The van der Waals surface area contributed by atoms with Gasteiger partial charge in [0.2, 0.25) is 0 Å². The molecule has 0 amide bonds. The van der Waals surface area contributed by atoms with Crippen molar-refractivity contribution >= 4 is 25.7 Å². The molecule has 1 saturated heterocycles. The van der Waals surface area contributed by atoms with E-state index in [1.54, 1.807) is 0 Å². The molecule has 1 aliphatic heterocycles. The Balaban J connectivity index is 2.06. The van der Waals surface area contributed by atoms with Crippen LogP contribution in [0.5, 0.6) is 0 Å². The number of hydrogen-bond donors (Lipinski definition) is 1. The van der Waals surface area contributed by atoms with Gasteiger partial charge in [-0.3, -0.25) is 4.79 Å². The largest absolute Gasteiger partial charge is 0.469 e. The number of ether oxygens (including phenoxy) is 1. The molecule has 0 spiro atoms. The predicted octanol–water partition coefficient (Wildman–Crippen LogP) is 0.119. The number of carbonyl (C=O) groups is 1. The maximum Gasteiger partial charge on any atom is 0.308 e. The van der Waals surface area contributed by atoms with E-state index in [1.165, 1.54) is 7.11 Å². The number of sulfonamides is 1. The lowest BCUT2D eigenvalue weighted by Crippen LogP contribution is -2.37. The Hall–Kier alpha value is -0.670. The molecule has 1 N–H and O–H groups in total. The Bertz CT molecular complexity index is 587. The van der Waals surface area contributed by atoms with Gasteiger partial charge in [0.15, 0.2) is 0 Å². The highest BCUT2D eigenvalue weighted by Gasteiger charge is 2.35. The molecule has 0 aromatic heterocycles. The lowest BCUT2D eigenvalue weighted by atomic mass is 9.89. The molecule has 0 unspecified atom stereocenters. The van der Waals surface area contributed by atoms with Crippen LogP contribution in [-0.4, -0.2) is 55.6 Å². The van der Waals surface area contributed by atoms with Gasteiger partial charge in [0, 0.05) is 24.6 Å². The summed E-state index contributed by atoms with van der Waals surface area (Å²) >= 11 is 0. The first-order chi connectivity index (χ1) is 9.86. The number of methoxy groups -OCH3 is 1. The van der Waals surface area contributed by atoms with Crippen molar-refractivity contribution in [1.82, 2.24) is 5.32 Å². The minimum absolute atomic E-state index is 0.228. The second-order valence-corrected chi connectivity index (χ2v) is 10.2. The topological polar surface area (TPSA) is 102 Å². The predicted molar refractivity (Wildman–Crippen MR) is 79.9 cm³/mol. The van der Waals surface area contributed by atoms with Crippen LogP contribution in [0.25, 0.3) is 0 Å². The van der Waals surface area contributed by atoms with Gasteiger partial charge < -0.3 is 10.1 Å². The van der Waals surface area contributed by atoms with Crippen molar-refractivity contribution in [2.24, 2.45) is 9.69 Å². The molecule has 2 rings (SSSR count). The van der Waals surface area contributed by atoms with Gasteiger partial charge >= 0.3 is 5.97 Å². The van der Waals surface area contributed by atoms with Gasteiger partial charge in [-0.15, -0.1) is 3.77 Å². The zero-order valence-electron chi connectivity index (χ0n) is 12.1. The zero-order chi connectivity index (χ0) is 15.5. The van der Waals surface area contributed by atoms with Crippen LogP contribution in [-0.2, 0) is 29.3 Å². The zero-order valence-corrected chi connectivity index (χ0v) is 13.7. The van der Waals surface area contributed by atoms with Gasteiger partial charge in [-0.05, 0) is 25.7 Å². The van der Waals surface area contributed by atoms with Crippen molar-refractivity contribution < 1.29 is 22.2 Å². The Morgan fingerprint density at radius 1 is 1.19 bits per heavy atom. The quantitative estimate of drug-likeness (QED) is 0.733. The van der Waals surface area contributed by atoms with Gasteiger partial charge in [0.25, 0.3) is 10.0 Å². The van der Waals surface area contributed by atoms with Crippen molar-refractivity contribution in [2.75, 3.05) is 31.7 Å². The first kappa shape index (κ1) is 16.7. The fourth-order valence-corrected chi connectivity index (χ4v) is 7.37. The number of carbonyl (C=O) groups excluding carboxylic acids is 1. The molecule has 2 fully saturated rings. The van der Waals surface area contributed by atoms with Gasteiger partial charge in [0.1, 0.15) is 0 Å². The summed E-state index contributed by atoms with van der Waals surface area (Å²) in [5, 5.41) is 2.43. The van der Waals surface area contributed by atoms with Crippen molar-refractivity contribution in [1.29, 1.82) is 0 Å². The number of nitrogens with zero attached hydrogens (tertiary/aromatic N) is 1. The minimum Gasteiger partial charge on any atom is -0.469 e. The fraction of sp³-hybridized carbons (Fsp3) is 0.917. The molecule has 2 aliphatic rings. The molecular formula is C12H22N2O5S2. The van der Waals surface area contributed by atoms with Crippen LogP contribution in [0.4, 0.5) is 0 Å². The molecule has 0 radical (unpaired) electrons. The highest BCUT2D eigenvalue weighted by atomic mass is 32.3. The lowest BCUT2D eigenvalue weighted by molar-refractivity contribution is -0.146. The molecule has 1 aliphatic carbocycles. The normalized spacial score (nSPS) is 29.6. The summed E-state index contributed by atoms with van der Waals surface area (Å²) < 4.78 is 45.5. The molecule has 21 heavy (non-hydrogen) atoms. The Labute approximate surface area is 126 Å². The van der Waals surface area contributed by atoms with E-state index in [9.17, 15) is 17.4 Å². The maximum absolute atomic E-state index is 12.4. The van der Waals surface area contributed by atoms with E-state index in [0.717, 1.165) is 0 Å². The summed E-state index contributed by atoms with van der Waals surface area (Å²) in [4.78, 5) is 11.4. The SMILES string of the molecule is COC(=O)C1CCC(S(=O)(=O)N=S2(=O)CCNCC2)CC1. The van der Waals surface area contributed by atoms with Gasteiger partial charge in [-0.1, -0.05) is 0 Å². The molecule has 1 heterocycles. The number of esters is 1. The molecule has 9 heteroatoms. The van der Waals surface area contributed by atoms with Crippen molar-refractivity contribution in [2.45, 2.75) is 30.9 Å². The number of hydrogen-bond acceptors (Lipinski definition) is 6. The molecule has 7 nitrogen and oxygen atoms in total. The van der Waals surface area contributed by atoms with E-state index >= 15 is 0 Å². The van der Waals surface area contributed by atoms with Crippen LogP contribution in [0.2, 0.25) is 0 Å². The van der Waals surface area contributed by atoms with Crippen molar-refractivity contribution in [3.63, 3.8) is 0 Å². The Kier molecular flexibility index (Phi) is 5.26. The Morgan fingerprint density at radius 2 is 1.76 bits per heavy atom. The molecule has 0 aromatic rings. The van der Waals surface area contributed by atoms with Gasteiger partial charge in [0.05, 0.1) is 28.0 Å². The summed E-state index contributed by atoms with van der Waals surface area (Å²) in [5.74, 6) is 0.0500. The maximum atomic E-state index is 12.4. The molecule has 122 valence electrons. The van der Waals surface area contributed by atoms with E-state index in [0.29, 0.717) is 38.8 Å². The van der Waals surface area contributed by atoms with E-state index in [1.807, 2.05) is 0 Å². The molecular weight excluding hydrogens is 316 g/mol. The summed E-state index contributed by atoms with van der Waals surface area (Å²) in [6.45, 7) is 1.07. The smallest absolute Gasteiger partial charge is 0.308 e. The molecule has 0 aromatic carbocycles. The highest BCUT2D eigenvalue weighted by Crippen LogP contribution is 2.30. The van der Waals surface area contributed by atoms with Crippen molar-refractivity contribution in [3.05, 3.63) is 0 Å². The second kappa shape index (κ2) is 6.62.